The number of hydrogen-bond donors (Lipinski definition) is 1. The minimum absolute atomic E-state index is 0.775. The lowest BCUT2D eigenvalue weighted by molar-refractivity contribution is -0.171. The Hall–Kier alpha value is -0.120. The van der Waals surface area contributed by atoms with Crippen LogP contribution < -0.4 is 5.43 Å². The lowest BCUT2D eigenvalue weighted by atomic mass is 10.5. The van der Waals surface area contributed by atoms with E-state index in [0.717, 1.165) is 13.0 Å². The molecule has 0 spiro atoms. The smallest absolute Gasteiger partial charge is 0.0698 e. The van der Waals surface area contributed by atoms with Crippen LogP contribution in [-0.4, -0.2) is 25.9 Å². The monoisotopic (exact) mass is 118 g/mol. The predicted molar refractivity (Wildman–Crippen MR) is 33.1 cm³/mol. The van der Waals surface area contributed by atoms with Crippen molar-refractivity contribution in [2.45, 2.75) is 13.3 Å². The van der Waals surface area contributed by atoms with Crippen molar-refractivity contribution >= 4 is 0 Å². The van der Waals surface area contributed by atoms with Crippen LogP contribution in [0.25, 0.3) is 0 Å². The van der Waals surface area contributed by atoms with Crippen LogP contribution in [0.2, 0.25) is 0 Å². The molecule has 50 valence electrons. The molecule has 0 radical (unpaired) electrons. The van der Waals surface area contributed by atoms with E-state index in [0.29, 0.717) is 0 Å². The van der Waals surface area contributed by atoms with Crippen LogP contribution >= 0.6 is 0 Å². The first-order valence-electron chi connectivity index (χ1n) is 2.85. The second-order valence-corrected chi connectivity index (χ2v) is 1.55. The molecule has 0 bridgehead atoms. The first-order valence-corrected chi connectivity index (χ1v) is 2.85. The highest BCUT2D eigenvalue weighted by atomic mass is 16.7. The van der Waals surface area contributed by atoms with Crippen LogP contribution in [-0.2, 0) is 4.84 Å². The molecule has 0 saturated carbocycles. The lowest BCUT2D eigenvalue weighted by Crippen LogP contribution is -2.30. The third-order valence-corrected chi connectivity index (χ3v) is 0.804. The van der Waals surface area contributed by atoms with Crippen LogP contribution in [0.4, 0.5) is 0 Å². The Morgan fingerprint density at radius 3 is 2.62 bits per heavy atom. The van der Waals surface area contributed by atoms with Gasteiger partial charge in [0.05, 0.1) is 6.61 Å². The van der Waals surface area contributed by atoms with Gasteiger partial charge in [-0.2, -0.15) is 0 Å². The molecule has 0 amide bonds. The minimum Gasteiger partial charge on any atom is -0.284 e. The maximum atomic E-state index is 5.06. The summed E-state index contributed by atoms with van der Waals surface area (Å²) in [4.78, 5) is 5.06. The molecule has 0 aliphatic heterocycles. The standard InChI is InChI=1S/C5H14N2O/c1-4-5-8-7(3)6-2/h6H,4-5H2,1-3H3. The van der Waals surface area contributed by atoms with Gasteiger partial charge in [0, 0.05) is 14.1 Å². The average Bonchev–Trinajstić information content (AvgIpc) is 1.83. The molecule has 8 heavy (non-hydrogen) atoms. The molecule has 0 atom stereocenters. The molecule has 0 aliphatic carbocycles. The molecule has 0 heterocycles. The molecule has 0 fully saturated rings. The summed E-state index contributed by atoms with van der Waals surface area (Å²) in [6, 6.07) is 0. The number of nitrogens with zero attached hydrogens (tertiary/aromatic N) is 1. The highest BCUT2D eigenvalue weighted by Crippen LogP contribution is 1.80. The van der Waals surface area contributed by atoms with Crippen molar-refractivity contribution in [3.05, 3.63) is 0 Å². The normalized spacial score (nSPS) is 10.5. The third-order valence-electron chi connectivity index (χ3n) is 0.804. The van der Waals surface area contributed by atoms with E-state index in [1.807, 2.05) is 14.1 Å². The number of hydroxylamine groups is 1. The zero-order chi connectivity index (χ0) is 6.41. The topological polar surface area (TPSA) is 24.5 Å². The van der Waals surface area contributed by atoms with Crippen LogP contribution in [0.5, 0.6) is 0 Å². The van der Waals surface area contributed by atoms with Gasteiger partial charge in [-0.25, -0.2) is 5.43 Å². The largest absolute Gasteiger partial charge is 0.284 e. The summed E-state index contributed by atoms with van der Waals surface area (Å²) in [5.74, 6) is 0. The van der Waals surface area contributed by atoms with Gasteiger partial charge < -0.3 is 0 Å². The molecule has 0 aliphatic rings. The maximum Gasteiger partial charge on any atom is 0.0698 e. The Morgan fingerprint density at radius 2 is 2.25 bits per heavy atom. The van der Waals surface area contributed by atoms with E-state index >= 15 is 0 Å². The predicted octanol–water partition coefficient (Wildman–Crippen LogP) is 0.394. The lowest BCUT2D eigenvalue weighted by Gasteiger charge is -2.12. The summed E-state index contributed by atoms with van der Waals surface area (Å²) >= 11 is 0. The molecule has 0 aromatic heterocycles. The maximum absolute atomic E-state index is 5.06. The molecule has 1 N–H and O–H groups in total. The fourth-order valence-corrected chi connectivity index (χ4v) is 0.293. The van der Waals surface area contributed by atoms with Crippen molar-refractivity contribution < 1.29 is 4.84 Å². The Balaban J connectivity index is 2.86. The summed E-state index contributed by atoms with van der Waals surface area (Å²) < 4.78 is 0. The van der Waals surface area contributed by atoms with Crippen molar-refractivity contribution in [2.75, 3.05) is 20.7 Å². The SMILES string of the molecule is CCCON(C)NC. The summed E-state index contributed by atoms with van der Waals surface area (Å²) in [5, 5.41) is 1.59. The Kier molecular flexibility index (Phi) is 4.95. The zero-order valence-corrected chi connectivity index (χ0v) is 5.77. The molecule has 0 rings (SSSR count). The quantitative estimate of drug-likeness (QED) is 0.540. The van der Waals surface area contributed by atoms with Crippen LogP contribution in [0, 0.1) is 0 Å². The van der Waals surface area contributed by atoms with Crippen LogP contribution in [0.1, 0.15) is 13.3 Å². The van der Waals surface area contributed by atoms with E-state index in [1.54, 1.807) is 5.17 Å². The molecule has 0 saturated heterocycles. The van der Waals surface area contributed by atoms with Gasteiger partial charge >= 0.3 is 0 Å². The third kappa shape index (κ3) is 4.05. The Bertz CT molecular complexity index is 49.7. The first kappa shape index (κ1) is 7.88. The molecule has 0 aromatic carbocycles. The van der Waals surface area contributed by atoms with E-state index in [1.165, 1.54) is 0 Å². The van der Waals surface area contributed by atoms with Gasteiger partial charge in [0.15, 0.2) is 0 Å². The highest BCUT2D eigenvalue weighted by Gasteiger charge is 1.87. The van der Waals surface area contributed by atoms with Crippen molar-refractivity contribution in [1.29, 1.82) is 0 Å². The van der Waals surface area contributed by atoms with Crippen LogP contribution in [0.3, 0.4) is 0 Å². The van der Waals surface area contributed by atoms with E-state index < -0.39 is 0 Å². The fraction of sp³-hybridized carbons (Fsp3) is 1.00. The fourth-order valence-electron chi connectivity index (χ4n) is 0.293. The molecule has 3 nitrogen and oxygen atoms in total. The van der Waals surface area contributed by atoms with Crippen molar-refractivity contribution in [3.63, 3.8) is 0 Å². The van der Waals surface area contributed by atoms with E-state index in [9.17, 15) is 0 Å². The van der Waals surface area contributed by atoms with Gasteiger partial charge in [-0.05, 0) is 6.42 Å². The molecule has 0 unspecified atom stereocenters. The van der Waals surface area contributed by atoms with Gasteiger partial charge in [0.1, 0.15) is 0 Å². The zero-order valence-electron chi connectivity index (χ0n) is 5.77. The summed E-state index contributed by atoms with van der Waals surface area (Å²) in [6.45, 7) is 2.85. The van der Waals surface area contributed by atoms with Crippen molar-refractivity contribution in [2.24, 2.45) is 0 Å². The number of hydrogen-bond acceptors (Lipinski definition) is 3. The second kappa shape index (κ2) is 5.03. The van der Waals surface area contributed by atoms with E-state index in [4.69, 9.17) is 4.84 Å². The molecule has 3 heteroatoms. The van der Waals surface area contributed by atoms with Gasteiger partial charge in [0.2, 0.25) is 0 Å². The van der Waals surface area contributed by atoms with Gasteiger partial charge in [-0.3, -0.25) is 4.84 Å². The van der Waals surface area contributed by atoms with Gasteiger partial charge in [-0.1, -0.05) is 6.92 Å². The number of hydrazine groups is 1. The summed E-state index contributed by atoms with van der Waals surface area (Å²) in [5.41, 5.74) is 2.81. The van der Waals surface area contributed by atoms with Gasteiger partial charge in [-0.15, -0.1) is 5.17 Å². The number of nitrogens with one attached hydrogen (secondary N) is 1. The molecular formula is C5H14N2O. The Morgan fingerprint density at radius 1 is 1.62 bits per heavy atom. The minimum atomic E-state index is 0.775. The summed E-state index contributed by atoms with van der Waals surface area (Å²) in [7, 11) is 3.64. The number of rotatable bonds is 4. The summed E-state index contributed by atoms with van der Waals surface area (Å²) in [6.07, 6.45) is 1.05. The highest BCUT2D eigenvalue weighted by molar-refractivity contribution is 4.19. The Labute approximate surface area is 50.5 Å². The first-order chi connectivity index (χ1) is 3.81. The average molecular weight is 118 g/mol. The second-order valence-electron chi connectivity index (χ2n) is 1.55. The van der Waals surface area contributed by atoms with Gasteiger partial charge in [0.25, 0.3) is 0 Å². The van der Waals surface area contributed by atoms with Crippen molar-refractivity contribution in [3.8, 4) is 0 Å². The van der Waals surface area contributed by atoms with E-state index in [-0.39, 0.29) is 0 Å². The molecule has 0 aromatic rings. The molecular weight excluding hydrogens is 104 g/mol. The van der Waals surface area contributed by atoms with E-state index in [2.05, 4.69) is 12.3 Å². The van der Waals surface area contributed by atoms with Crippen molar-refractivity contribution in [1.82, 2.24) is 10.6 Å². The van der Waals surface area contributed by atoms with Crippen LogP contribution in [0.15, 0.2) is 0 Å².